The first-order valence-electron chi connectivity index (χ1n) is 6.95. The minimum Gasteiger partial charge on any atom is -0.462 e. The third kappa shape index (κ3) is 5.73. The molecule has 0 saturated carbocycles. The molecule has 0 atom stereocenters. The number of benzene rings is 1. The second kappa shape index (κ2) is 8.96. The highest BCUT2D eigenvalue weighted by molar-refractivity contribution is 5.90. The fourth-order valence-corrected chi connectivity index (χ4v) is 1.51. The van der Waals surface area contributed by atoms with Gasteiger partial charge >= 0.3 is 5.97 Å². The molecule has 1 aromatic rings. The fraction of sp³-hybridized carbons (Fsp3) is 0.467. The highest BCUT2D eigenvalue weighted by Gasteiger charge is 2.06. The highest BCUT2D eigenvalue weighted by atomic mass is 16.5. The van der Waals surface area contributed by atoms with Crippen LogP contribution < -0.4 is 10.6 Å². The molecule has 0 aliphatic carbocycles. The molecule has 1 amide bonds. The Morgan fingerprint density at radius 2 is 1.80 bits per heavy atom. The summed E-state index contributed by atoms with van der Waals surface area (Å²) in [6.07, 6.45) is 1.72. The molecular formula is C15H22N2O3. The summed E-state index contributed by atoms with van der Waals surface area (Å²) in [6.45, 7) is 5.28. The molecule has 0 unspecified atom stereocenters. The monoisotopic (exact) mass is 278 g/mol. The van der Waals surface area contributed by atoms with Crippen molar-refractivity contribution in [2.24, 2.45) is 0 Å². The first-order chi connectivity index (χ1) is 9.67. The summed E-state index contributed by atoms with van der Waals surface area (Å²) < 4.78 is 5.04. The van der Waals surface area contributed by atoms with Crippen LogP contribution >= 0.6 is 0 Å². The van der Waals surface area contributed by atoms with Crippen LogP contribution in [0, 0.1) is 0 Å². The minimum absolute atomic E-state index is 0.0433. The van der Waals surface area contributed by atoms with E-state index in [1.807, 2.05) is 13.8 Å². The summed E-state index contributed by atoms with van der Waals surface area (Å²) in [5.41, 5.74) is 1.31. The van der Waals surface area contributed by atoms with Gasteiger partial charge in [-0.15, -0.1) is 0 Å². The van der Waals surface area contributed by atoms with E-state index in [0.717, 1.165) is 18.5 Å². The third-order valence-electron chi connectivity index (χ3n) is 2.58. The maximum atomic E-state index is 11.6. The number of anilines is 1. The van der Waals surface area contributed by atoms with Crippen molar-refractivity contribution in [1.29, 1.82) is 0 Å². The van der Waals surface area contributed by atoms with E-state index >= 15 is 0 Å². The molecule has 0 saturated heterocycles. The Morgan fingerprint density at radius 3 is 2.40 bits per heavy atom. The lowest BCUT2D eigenvalue weighted by Gasteiger charge is -2.08. The third-order valence-corrected chi connectivity index (χ3v) is 2.58. The van der Waals surface area contributed by atoms with Crippen molar-refractivity contribution < 1.29 is 14.3 Å². The van der Waals surface area contributed by atoms with Crippen LogP contribution in [0.1, 0.15) is 37.0 Å². The second-order valence-corrected chi connectivity index (χ2v) is 4.42. The fourth-order valence-electron chi connectivity index (χ4n) is 1.51. The van der Waals surface area contributed by atoms with E-state index in [9.17, 15) is 9.59 Å². The standard InChI is InChI=1S/C15H22N2O3/c1-3-9-16-14(18)11-17-13-7-5-12(6-8-13)15(19)20-10-4-2/h5-8,17H,3-4,9-11H2,1-2H3,(H,16,18). The van der Waals surface area contributed by atoms with Crippen LogP contribution in [0.15, 0.2) is 24.3 Å². The van der Waals surface area contributed by atoms with E-state index < -0.39 is 0 Å². The van der Waals surface area contributed by atoms with Crippen molar-refractivity contribution in [2.75, 3.05) is 25.0 Å². The Kier molecular flexibility index (Phi) is 7.17. The van der Waals surface area contributed by atoms with Crippen molar-refractivity contribution in [1.82, 2.24) is 5.32 Å². The zero-order valence-electron chi connectivity index (χ0n) is 12.1. The van der Waals surface area contributed by atoms with Gasteiger partial charge in [-0.3, -0.25) is 4.79 Å². The maximum Gasteiger partial charge on any atom is 0.338 e. The molecule has 110 valence electrons. The number of carbonyl (C=O) groups is 2. The number of carbonyl (C=O) groups excluding carboxylic acids is 2. The van der Waals surface area contributed by atoms with Gasteiger partial charge in [-0.1, -0.05) is 13.8 Å². The molecule has 0 fully saturated rings. The van der Waals surface area contributed by atoms with Gasteiger partial charge in [0, 0.05) is 12.2 Å². The zero-order chi connectivity index (χ0) is 14.8. The summed E-state index contributed by atoms with van der Waals surface area (Å²) in [5, 5.41) is 5.78. The zero-order valence-corrected chi connectivity index (χ0v) is 12.1. The van der Waals surface area contributed by atoms with Crippen molar-refractivity contribution >= 4 is 17.6 Å². The smallest absolute Gasteiger partial charge is 0.338 e. The summed E-state index contributed by atoms with van der Waals surface area (Å²) >= 11 is 0. The summed E-state index contributed by atoms with van der Waals surface area (Å²) in [4.78, 5) is 23.0. The lowest BCUT2D eigenvalue weighted by atomic mass is 10.2. The van der Waals surface area contributed by atoms with Crippen molar-refractivity contribution in [3.05, 3.63) is 29.8 Å². The Labute approximate surface area is 119 Å². The van der Waals surface area contributed by atoms with Crippen molar-refractivity contribution in [3.8, 4) is 0 Å². The predicted octanol–water partition coefficient (Wildman–Crippen LogP) is 2.19. The van der Waals surface area contributed by atoms with Crippen molar-refractivity contribution in [3.63, 3.8) is 0 Å². The van der Waals surface area contributed by atoms with Crippen LogP contribution in [0.3, 0.4) is 0 Å². The number of nitrogens with one attached hydrogen (secondary N) is 2. The van der Waals surface area contributed by atoms with E-state index in [-0.39, 0.29) is 18.4 Å². The largest absolute Gasteiger partial charge is 0.462 e. The maximum absolute atomic E-state index is 11.6. The Hall–Kier alpha value is -2.04. The van der Waals surface area contributed by atoms with Gasteiger partial charge in [-0.05, 0) is 37.1 Å². The van der Waals surface area contributed by atoms with Gasteiger partial charge in [0.1, 0.15) is 0 Å². The normalized spacial score (nSPS) is 9.90. The van der Waals surface area contributed by atoms with Gasteiger partial charge in [0.25, 0.3) is 0 Å². The number of rotatable bonds is 8. The number of amides is 1. The lowest BCUT2D eigenvalue weighted by molar-refractivity contribution is -0.119. The number of esters is 1. The molecule has 0 aromatic heterocycles. The number of hydrogen-bond acceptors (Lipinski definition) is 4. The van der Waals surface area contributed by atoms with Gasteiger partial charge in [0.2, 0.25) is 5.91 Å². The number of ether oxygens (including phenoxy) is 1. The molecule has 1 aromatic carbocycles. The SMILES string of the molecule is CCCNC(=O)CNc1ccc(C(=O)OCCC)cc1. The average Bonchev–Trinajstić information content (AvgIpc) is 2.49. The number of hydrogen-bond donors (Lipinski definition) is 2. The Bertz CT molecular complexity index is 429. The molecule has 20 heavy (non-hydrogen) atoms. The van der Waals surface area contributed by atoms with E-state index in [4.69, 9.17) is 4.74 Å². The molecule has 0 bridgehead atoms. The lowest BCUT2D eigenvalue weighted by Crippen LogP contribution is -2.30. The highest BCUT2D eigenvalue weighted by Crippen LogP contribution is 2.10. The summed E-state index contributed by atoms with van der Waals surface area (Å²) in [6, 6.07) is 6.89. The van der Waals surface area contributed by atoms with Gasteiger partial charge in [0.05, 0.1) is 18.7 Å². The van der Waals surface area contributed by atoms with Gasteiger partial charge in [-0.25, -0.2) is 4.79 Å². The van der Waals surface area contributed by atoms with Crippen LogP contribution in [-0.4, -0.2) is 31.6 Å². The van der Waals surface area contributed by atoms with Crippen LogP contribution in [0.25, 0.3) is 0 Å². The van der Waals surface area contributed by atoms with Crippen LogP contribution in [0.2, 0.25) is 0 Å². The van der Waals surface area contributed by atoms with E-state index in [0.29, 0.717) is 18.7 Å². The molecule has 0 heterocycles. The quantitative estimate of drug-likeness (QED) is 0.715. The van der Waals surface area contributed by atoms with Gasteiger partial charge < -0.3 is 15.4 Å². The van der Waals surface area contributed by atoms with Crippen LogP contribution in [0.4, 0.5) is 5.69 Å². The Morgan fingerprint density at radius 1 is 1.10 bits per heavy atom. The second-order valence-electron chi connectivity index (χ2n) is 4.42. The molecule has 0 spiro atoms. The summed E-state index contributed by atoms with van der Waals surface area (Å²) in [5.74, 6) is -0.364. The molecule has 0 aliphatic heterocycles. The molecular weight excluding hydrogens is 256 g/mol. The Balaban J connectivity index is 2.42. The molecule has 5 nitrogen and oxygen atoms in total. The molecule has 0 radical (unpaired) electrons. The van der Waals surface area contributed by atoms with Crippen LogP contribution in [0.5, 0.6) is 0 Å². The molecule has 2 N–H and O–H groups in total. The van der Waals surface area contributed by atoms with Gasteiger partial charge in [-0.2, -0.15) is 0 Å². The van der Waals surface area contributed by atoms with Gasteiger partial charge in [0.15, 0.2) is 0 Å². The molecule has 0 aliphatic rings. The van der Waals surface area contributed by atoms with Crippen molar-refractivity contribution in [2.45, 2.75) is 26.7 Å². The van der Waals surface area contributed by atoms with E-state index in [2.05, 4.69) is 10.6 Å². The topological polar surface area (TPSA) is 67.4 Å². The van der Waals surface area contributed by atoms with E-state index in [1.54, 1.807) is 24.3 Å². The van der Waals surface area contributed by atoms with Crippen LogP contribution in [-0.2, 0) is 9.53 Å². The average molecular weight is 278 g/mol. The first kappa shape index (κ1) is 16.0. The molecule has 1 rings (SSSR count). The summed E-state index contributed by atoms with van der Waals surface area (Å²) in [7, 11) is 0. The predicted molar refractivity (Wildman–Crippen MR) is 78.8 cm³/mol. The van der Waals surface area contributed by atoms with E-state index in [1.165, 1.54) is 0 Å². The first-order valence-corrected chi connectivity index (χ1v) is 6.95. The molecule has 5 heteroatoms. The minimum atomic E-state index is -0.320.